The molecular formula is C20H16Cl2N2O4. The Morgan fingerprint density at radius 2 is 1.68 bits per heavy atom. The summed E-state index contributed by atoms with van der Waals surface area (Å²) in [7, 11) is 0. The minimum Gasteiger partial charge on any atom is -0.426 e. The standard InChI is InChI=1S/C20H16Cl2N2O4/c1-10-17(19(26)20(23)27)18-15(7-4-8-16(18)28-11(2)25)24(10)9-12-13(21)5-3-6-14(12)22/h3-8H,9H2,1-2H3,(H2,23,27). The molecule has 6 nitrogen and oxygen atoms in total. The van der Waals surface area contributed by atoms with Crippen molar-refractivity contribution >= 4 is 51.8 Å². The van der Waals surface area contributed by atoms with Crippen LogP contribution < -0.4 is 10.5 Å². The number of halogens is 2. The second-order valence-corrected chi connectivity index (χ2v) is 7.00. The lowest BCUT2D eigenvalue weighted by Gasteiger charge is -2.12. The van der Waals surface area contributed by atoms with E-state index in [-0.39, 0.29) is 17.9 Å². The van der Waals surface area contributed by atoms with Gasteiger partial charge in [0.15, 0.2) is 0 Å². The Balaban J connectivity index is 2.32. The van der Waals surface area contributed by atoms with E-state index in [1.165, 1.54) is 6.92 Å². The molecule has 2 aromatic carbocycles. The number of hydrogen-bond donors (Lipinski definition) is 1. The molecule has 0 atom stereocenters. The first-order valence-electron chi connectivity index (χ1n) is 8.29. The number of hydrogen-bond acceptors (Lipinski definition) is 4. The fourth-order valence-electron chi connectivity index (χ4n) is 3.18. The van der Waals surface area contributed by atoms with Gasteiger partial charge < -0.3 is 15.0 Å². The second-order valence-electron chi connectivity index (χ2n) is 6.18. The molecule has 8 heteroatoms. The molecule has 0 radical (unpaired) electrons. The molecule has 1 heterocycles. The number of benzene rings is 2. The van der Waals surface area contributed by atoms with Crippen LogP contribution in [0.1, 0.15) is 28.5 Å². The summed E-state index contributed by atoms with van der Waals surface area (Å²) in [6, 6.07) is 10.1. The van der Waals surface area contributed by atoms with Crippen LogP contribution in [0, 0.1) is 6.92 Å². The SMILES string of the molecule is CC(=O)Oc1cccc2c1c(C(=O)C(N)=O)c(C)n2Cc1c(Cl)cccc1Cl. The van der Waals surface area contributed by atoms with Crippen LogP contribution in [0.4, 0.5) is 0 Å². The zero-order valence-electron chi connectivity index (χ0n) is 15.1. The number of fused-ring (bicyclic) bond motifs is 1. The molecule has 1 amide bonds. The number of carbonyl (C=O) groups excluding carboxylic acids is 3. The monoisotopic (exact) mass is 418 g/mol. The molecule has 28 heavy (non-hydrogen) atoms. The van der Waals surface area contributed by atoms with Crippen molar-refractivity contribution in [1.82, 2.24) is 4.57 Å². The molecule has 144 valence electrons. The molecule has 0 aliphatic carbocycles. The number of ether oxygens (including phenoxy) is 1. The maximum atomic E-state index is 12.5. The Kier molecular flexibility index (Phi) is 5.45. The average molecular weight is 419 g/mol. The summed E-state index contributed by atoms with van der Waals surface area (Å²) in [5.74, 6) is -2.35. The number of ketones is 1. The summed E-state index contributed by atoms with van der Waals surface area (Å²) in [6.07, 6.45) is 0. The number of aromatic nitrogens is 1. The summed E-state index contributed by atoms with van der Waals surface area (Å²) in [5.41, 5.74) is 7.04. The number of nitrogens with two attached hydrogens (primary N) is 1. The molecular weight excluding hydrogens is 403 g/mol. The maximum Gasteiger partial charge on any atom is 0.308 e. The molecule has 0 spiro atoms. The van der Waals surface area contributed by atoms with Crippen molar-refractivity contribution in [2.75, 3.05) is 0 Å². The molecule has 0 saturated heterocycles. The van der Waals surface area contributed by atoms with E-state index in [1.807, 2.05) is 0 Å². The lowest BCUT2D eigenvalue weighted by atomic mass is 10.1. The summed E-state index contributed by atoms with van der Waals surface area (Å²) in [4.78, 5) is 35.7. The smallest absolute Gasteiger partial charge is 0.308 e. The van der Waals surface area contributed by atoms with Crippen molar-refractivity contribution in [2.45, 2.75) is 20.4 Å². The summed E-state index contributed by atoms with van der Waals surface area (Å²) >= 11 is 12.6. The van der Waals surface area contributed by atoms with Crippen LogP contribution in [0.25, 0.3) is 10.9 Å². The zero-order valence-corrected chi connectivity index (χ0v) is 16.6. The third kappa shape index (κ3) is 3.48. The minimum absolute atomic E-state index is 0.0857. The van der Waals surface area contributed by atoms with Gasteiger partial charge in [-0.05, 0) is 31.2 Å². The highest BCUT2D eigenvalue weighted by atomic mass is 35.5. The van der Waals surface area contributed by atoms with E-state index in [1.54, 1.807) is 47.9 Å². The van der Waals surface area contributed by atoms with Crippen molar-refractivity contribution in [3.8, 4) is 5.75 Å². The van der Waals surface area contributed by atoms with E-state index in [9.17, 15) is 14.4 Å². The van der Waals surface area contributed by atoms with Crippen LogP contribution in [0.5, 0.6) is 5.75 Å². The summed E-state index contributed by atoms with van der Waals surface area (Å²) in [5, 5.41) is 1.27. The van der Waals surface area contributed by atoms with Gasteiger partial charge in [0.1, 0.15) is 5.75 Å². The van der Waals surface area contributed by atoms with Crippen LogP contribution >= 0.6 is 23.2 Å². The minimum atomic E-state index is -1.10. The Morgan fingerprint density at radius 3 is 2.25 bits per heavy atom. The Labute approximate surface area is 170 Å². The van der Waals surface area contributed by atoms with E-state index in [2.05, 4.69) is 0 Å². The average Bonchev–Trinajstić information content (AvgIpc) is 2.90. The predicted octanol–water partition coefficient (Wildman–Crippen LogP) is 3.90. The van der Waals surface area contributed by atoms with Gasteiger partial charge in [-0.3, -0.25) is 14.4 Å². The number of Topliss-reactive ketones (excluding diaryl/α,β-unsaturated/α-hetero) is 1. The summed E-state index contributed by atoms with van der Waals surface area (Å²) < 4.78 is 7.04. The Bertz CT molecular complexity index is 1110. The van der Waals surface area contributed by atoms with Gasteiger partial charge in [0.25, 0.3) is 11.7 Å². The van der Waals surface area contributed by atoms with E-state index in [0.29, 0.717) is 32.2 Å². The highest BCUT2D eigenvalue weighted by Crippen LogP contribution is 2.36. The van der Waals surface area contributed by atoms with Crippen molar-refractivity contribution in [2.24, 2.45) is 5.73 Å². The number of nitrogens with zero attached hydrogens (tertiary/aromatic N) is 1. The molecule has 0 aliphatic heterocycles. The third-order valence-electron chi connectivity index (χ3n) is 4.39. The molecule has 0 aliphatic rings. The van der Waals surface area contributed by atoms with Gasteiger partial charge in [-0.1, -0.05) is 35.3 Å². The molecule has 0 saturated carbocycles. The van der Waals surface area contributed by atoms with E-state index in [4.69, 9.17) is 33.7 Å². The highest BCUT2D eigenvalue weighted by molar-refractivity contribution is 6.45. The van der Waals surface area contributed by atoms with E-state index < -0.39 is 17.7 Å². The highest BCUT2D eigenvalue weighted by Gasteiger charge is 2.27. The first-order valence-corrected chi connectivity index (χ1v) is 9.05. The first kappa shape index (κ1) is 19.9. The maximum absolute atomic E-state index is 12.5. The molecule has 0 fully saturated rings. The zero-order chi connectivity index (χ0) is 20.6. The quantitative estimate of drug-likeness (QED) is 0.294. The number of carbonyl (C=O) groups is 3. The third-order valence-corrected chi connectivity index (χ3v) is 5.10. The van der Waals surface area contributed by atoms with Crippen molar-refractivity contribution in [1.29, 1.82) is 0 Å². The van der Waals surface area contributed by atoms with Gasteiger partial charge in [0.2, 0.25) is 0 Å². The van der Waals surface area contributed by atoms with Crippen LogP contribution in [-0.4, -0.2) is 22.2 Å². The molecule has 1 aromatic heterocycles. The molecule has 3 rings (SSSR count). The van der Waals surface area contributed by atoms with Crippen molar-refractivity contribution in [3.05, 3.63) is 63.3 Å². The van der Waals surface area contributed by atoms with Crippen LogP contribution in [0.3, 0.4) is 0 Å². The van der Waals surface area contributed by atoms with E-state index in [0.717, 1.165) is 0 Å². The van der Waals surface area contributed by atoms with Gasteiger partial charge in [0.05, 0.1) is 23.0 Å². The number of esters is 1. The topological polar surface area (TPSA) is 91.4 Å². The van der Waals surface area contributed by atoms with Gasteiger partial charge in [-0.15, -0.1) is 0 Å². The fraction of sp³-hybridized carbons (Fsp3) is 0.150. The van der Waals surface area contributed by atoms with Crippen molar-refractivity contribution in [3.63, 3.8) is 0 Å². The van der Waals surface area contributed by atoms with Gasteiger partial charge in [-0.25, -0.2) is 0 Å². The van der Waals surface area contributed by atoms with Crippen LogP contribution in [0.2, 0.25) is 10.0 Å². The normalized spacial score (nSPS) is 10.9. The lowest BCUT2D eigenvalue weighted by Crippen LogP contribution is -2.24. The number of primary amides is 1. The predicted molar refractivity (Wildman–Crippen MR) is 107 cm³/mol. The van der Waals surface area contributed by atoms with Gasteiger partial charge >= 0.3 is 5.97 Å². The van der Waals surface area contributed by atoms with Crippen molar-refractivity contribution < 1.29 is 19.1 Å². The molecule has 3 aromatic rings. The van der Waals surface area contributed by atoms with Gasteiger partial charge in [0, 0.05) is 28.2 Å². The van der Waals surface area contributed by atoms with Crippen LogP contribution in [-0.2, 0) is 16.1 Å². The Hall–Kier alpha value is -2.83. The molecule has 0 bridgehead atoms. The number of rotatable bonds is 5. The molecule has 0 unspecified atom stereocenters. The fourth-order valence-corrected chi connectivity index (χ4v) is 3.70. The van der Waals surface area contributed by atoms with E-state index >= 15 is 0 Å². The largest absolute Gasteiger partial charge is 0.426 e. The second kappa shape index (κ2) is 7.66. The van der Waals surface area contributed by atoms with Gasteiger partial charge in [-0.2, -0.15) is 0 Å². The Morgan fingerprint density at radius 1 is 1.07 bits per heavy atom. The van der Waals surface area contributed by atoms with Crippen LogP contribution in [0.15, 0.2) is 36.4 Å². The first-order chi connectivity index (χ1) is 13.2. The lowest BCUT2D eigenvalue weighted by molar-refractivity contribution is -0.131. The molecule has 2 N–H and O–H groups in total. The summed E-state index contributed by atoms with van der Waals surface area (Å²) in [6.45, 7) is 3.18. The number of amides is 1.